The van der Waals surface area contributed by atoms with Crippen LogP contribution in [0, 0.1) is 0 Å². The Bertz CT molecular complexity index is 591. The maximum Gasteiger partial charge on any atom is 0.179 e. The molecule has 2 saturated heterocycles. The zero-order valence-corrected chi connectivity index (χ0v) is 15.4. The van der Waals surface area contributed by atoms with E-state index < -0.39 is 9.84 Å². The fourth-order valence-electron chi connectivity index (χ4n) is 3.97. The SMILES string of the molecule is O=S(=O)(C[C@H](CN1CCCCC1)N1CCCCC1)c1ccccc1. The smallest absolute Gasteiger partial charge is 0.179 e. The van der Waals surface area contributed by atoms with Crippen molar-refractivity contribution in [1.82, 2.24) is 9.80 Å². The van der Waals surface area contributed by atoms with Crippen LogP contribution >= 0.6 is 0 Å². The third kappa shape index (κ3) is 4.80. The van der Waals surface area contributed by atoms with Crippen molar-refractivity contribution in [3.05, 3.63) is 30.3 Å². The Kier molecular flexibility index (Phi) is 6.31. The number of benzene rings is 1. The number of rotatable bonds is 6. The first-order valence-corrected chi connectivity index (χ1v) is 11.0. The van der Waals surface area contributed by atoms with Gasteiger partial charge in [-0.2, -0.15) is 0 Å². The van der Waals surface area contributed by atoms with Gasteiger partial charge >= 0.3 is 0 Å². The fraction of sp³-hybridized carbons (Fsp3) is 0.684. The van der Waals surface area contributed by atoms with Crippen molar-refractivity contribution in [3.63, 3.8) is 0 Å². The van der Waals surface area contributed by atoms with Crippen LogP contribution in [-0.4, -0.2) is 62.7 Å². The zero-order chi connectivity index (χ0) is 16.8. The molecule has 2 fully saturated rings. The lowest BCUT2D eigenvalue weighted by Crippen LogP contribution is -2.50. The summed E-state index contributed by atoms with van der Waals surface area (Å²) in [5, 5.41) is 0. The highest BCUT2D eigenvalue weighted by Crippen LogP contribution is 2.20. The van der Waals surface area contributed by atoms with E-state index in [0.717, 1.165) is 32.7 Å². The molecule has 0 aliphatic carbocycles. The minimum Gasteiger partial charge on any atom is -0.302 e. The van der Waals surface area contributed by atoms with E-state index in [0.29, 0.717) is 4.90 Å². The number of hydrogen-bond donors (Lipinski definition) is 0. The van der Waals surface area contributed by atoms with Crippen LogP contribution in [0.2, 0.25) is 0 Å². The highest BCUT2D eigenvalue weighted by atomic mass is 32.2. The summed E-state index contributed by atoms with van der Waals surface area (Å²) in [5.41, 5.74) is 0. The summed E-state index contributed by atoms with van der Waals surface area (Å²) in [4.78, 5) is 5.37. The molecule has 2 heterocycles. The molecule has 0 bridgehead atoms. The molecule has 3 rings (SSSR count). The van der Waals surface area contributed by atoms with Crippen LogP contribution in [0.3, 0.4) is 0 Å². The van der Waals surface area contributed by atoms with Crippen molar-refractivity contribution in [2.75, 3.05) is 38.5 Å². The molecule has 0 N–H and O–H groups in total. The van der Waals surface area contributed by atoms with E-state index >= 15 is 0 Å². The summed E-state index contributed by atoms with van der Waals surface area (Å²) >= 11 is 0. The lowest BCUT2D eigenvalue weighted by Gasteiger charge is -2.38. The highest BCUT2D eigenvalue weighted by molar-refractivity contribution is 7.91. The molecule has 24 heavy (non-hydrogen) atoms. The third-order valence-electron chi connectivity index (χ3n) is 5.34. The molecule has 0 aromatic heterocycles. The standard InChI is InChI=1S/C19H30N2O2S/c22-24(23,19-10-4-1-5-11-19)17-18(21-14-8-3-9-15-21)16-20-12-6-2-7-13-20/h1,4-5,10-11,18H,2-3,6-9,12-17H2/t18-/m0/s1. The molecule has 1 atom stereocenters. The molecule has 4 nitrogen and oxygen atoms in total. The molecule has 5 heteroatoms. The molecule has 0 amide bonds. The molecule has 1 aromatic rings. The Hall–Kier alpha value is -0.910. The first-order chi connectivity index (χ1) is 11.6. The predicted octanol–water partition coefficient (Wildman–Crippen LogP) is 2.80. The first kappa shape index (κ1) is 17.9. The van der Waals surface area contributed by atoms with E-state index in [9.17, 15) is 8.42 Å². The monoisotopic (exact) mass is 350 g/mol. The van der Waals surface area contributed by atoms with Gasteiger partial charge in [-0.3, -0.25) is 4.90 Å². The molecular formula is C19H30N2O2S. The van der Waals surface area contributed by atoms with E-state index in [4.69, 9.17) is 0 Å². The normalized spacial score (nSPS) is 22.3. The summed E-state index contributed by atoms with van der Waals surface area (Å²) in [6.45, 7) is 5.23. The van der Waals surface area contributed by atoms with Crippen LogP contribution in [0.25, 0.3) is 0 Å². The van der Waals surface area contributed by atoms with Crippen LogP contribution in [0.4, 0.5) is 0 Å². The molecular weight excluding hydrogens is 320 g/mol. The summed E-state index contributed by atoms with van der Waals surface area (Å²) < 4.78 is 25.8. The number of nitrogens with zero attached hydrogens (tertiary/aromatic N) is 2. The Labute approximate surface area is 146 Å². The van der Waals surface area contributed by atoms with Gasteiger partial charge in [0.25, 0.3) is 0 Å². The minimum atomic E-state index is -3.23. The Morgan fingerprint density at radius 1 is 0.833 bits per heavy atom. The number of piperidine rings is 2. The fourth-order valence-corrected chi connectivity index (χ4v) is 5.56. The van der Waals surface area contributed by atoms with Gasteiger partial charge < -0.3 is 4.90 Å². The van der Waals surface area contributed by atoms with Crippen LogP contribution in [0.5, 0.6) is 0 Å². The quantitative estimate of drug-likeness (QED) is 0.791. The van der Waals surface area contributed by atoms with Gasteiger partial charge in [0.05, 0.1) is 10.6 Å². The van der Waals surface area contributed by atoms with Gasteiger partial charge in [0, 0.05) is 12.6 Å². The Morgan fingerprint density at radius 2 is 1.42 bits per heavy atom. The van der Waals surface area contributed by atoms with Crippen molar-refractivity contribution < 1.29 is 8.42 Å². The second-order valence-electron chi connectivity index (χ2n) is 7.21. The number of sulfone groups is 1. The van der Waals surface area contributed by atoms with E-state index in [2.05, 4.69) is 9.80 Å². The third-order valence-corrected chi connectivity index (χ3v) is 7.15. The van der Waals surface area contributed by atoms with Crippen LogP contribution < -0.4 is 0 Å². The van der Waals surface area contributed by atoms with Crippen molar-refractivity contribution in [2.24, 2.45) is 0 Å². The lowest BCUT2D eigenvalue weighted by molar-refractivity contribution is 0.119. The van der Waals surface area contributed by atoms with Crippen LogP contribution in [-0.2, 0) is 9.84 Å². The maximum absolute atomic E-state index is 12.9. The molecule has 2 aliphatic rings. The van der Waals surface area contributed by atoms with E-state index in [-0.39, 0.29) is 11.8 Å². The van der Waals surface area contributed by atoms with Gasteiger partial charge in [-0.05, 0) is 64.0 Å². The zero-order valence-electron chi connectivity index (χ0n) is 14.6. The molecule has 0 saturated carbocycles. The average Bonchev–Trinajstić information content (AvgIpc) is 2.63. The average molecular weight is 351 g/mol. The summed E-state index contributed by atoms with van der Waals surface area (Å²) in [6.07, 6.45) is 7.48. The molecule has 2 aliphatic heterocycles. The van der Waals surface area contributed by atoms with Gasteiger partial charge in [-0.1, -0.05) is 31.0 Å². The Morgan fingerprint density at radius 3 is 2.04 bits per heavy atom. The number of likely N-dealkylation sites (tertiary alicyclic amines) is 2. The largest absolute Gasteiger partial charge is 0.302 e. The van der Waals surface area contributed by atoms with Gasteiger partial charge in [-0.25, -0.2) is 8.42 Å². The lowest BCUT2D eigenvalue weighted by atomic mass is 10.1. The van der Waals surface area contributed by atoms with Crippen LogP contribution in [0.15, 0.2) is 35.2 Å². The van der Waals surface area contributed by atoms with Crippen LogP contribution in [0.1, 0.15) is 38.5 Å². The molecule has 0 spiro atoms. The van der Waals surface area contributed by atoms with E-state index in [1.165, 1.54) is 38.5 Å². The predicted molar refractivity (Wildman–Crippen MR) is 98.0 cm³/mol. The second-order valence-corrected chi connectivity index (χ2v) is 9.24. The highest BCUT2D eigenvalue weighted by Gasteiger charge is 2.29. The topological polar surface area (TPSA) is 40.6 Å². The van der Waals surface area contributed by atoms with Crippen molar-refractivity contribution in [1.29, 1.82) is 0 Å². The van der Waals surface area contributed by atoms with Gasteiger partial charge in [0.1, 0.15) is 0 Å². The van der Waals surface area contributed by atoms with Gasteiger partial charge in [0.15, 0.2) is 9.84 Å². The summed E-state index contributed by atoms with van der Waals surface area (Å²) in [5.74, 6) is 0.244. The van der Waals surface area contributed by atoms with Crippen molar-refractivity contribution >= 4 is 9.84 Å². The molecule has 134 valence electrons. The Balaban J connectivity index is 1.73. The molecule has 0 unspecified atom stereocenters. The van der Waals surface area contributed by atoms with Gasteiger partial charge in [0.2, 0.25) is 0 Å². The maximum atomic E-state index is 12.9. The van der Waals surface area contributed by atoms with E-state index in [1.807, 2.05) is 18.2 Å². The second kappa shape index (κ2) is 8.45. The first-order valence-electron chi connectivity index (χ1n) is 9.39. The van der Waals surface area contributed by atoms with Gasteiger partial charge in [-0.15, -0.1) is 0 Å². The summed E-state index contributed by atoms with van der Waals surface area (Å²) in [7, 11) is -3.23. The van der Waals surface area contributed by atoms with Crippen molar-refractivity contribution in [3.8, 4) is 0 Å². The molecule has 1 aromatic carbocycles. The minimum absolute atomic E-state index is 0.119. The summed E-state index contributed by atoms with van der Waals surface area (Å²) in [6, 6.07) is 9.07. The number of hydrogen-bond acceptors (Lipinski definition) is 4. The van der Waals surface area contributed by atoms with E-state index in [1.54, 1.807) is 12.1 Å². The molecule has 0 radical (unpaired) electrons. The van der Waals surface area contributed by atoms with Crippen molar-refractivity contribution in [2.45, 2.75) is 49.5 Å².